The molecule has 0 fully saturated rings. The average molecular weight is 241 g/mol. The highest BCUT2D eigenvalue weighted by atomic mass is 35.5. The summed E-state index contributed by atoms with van der Waals surface area (Å²) < 4.78 is 34.1. The van der Waals surface area contributed by atoms with Gasteiger partial charge in [-0.3, -0.25) is 8.42 Å². The molecule has 0 atom stereocenters. The molecule has 6 nitrogen and oxygen atoms in total. The van der Waals surface area contributed by atoms with E-state index in [0.29, 0.717) is 5.02 Å². The van der Waals surface area contributed by atoms with Gasteiger partial charge in [0.1, 0.15) is 0 Å². The SMILES string of the molecule is O=S(=O)([O-])[O-].[NH3+]c1ccc(Cl)cc1[NH3+]. The molecule has 0 bridgehead atoms. The second-order valence-corrected chi connectivity index (χ2v) is 3.57. The molecule has 0 spiro atoms. The lowest BCUT2D eigenvalue weighted by molar-refractivity contribution is -0.299. The Morgan fingerprint density at radius 3 is 1.86 bits per heavy atom. The predicted octanol–water partition coefficient (Wildman–Crippen LogP) is -1.25. The molecule has 1 aromatic carbocycles. The van der Waals surface area contributed by atoms with E-state index < -0.39 is 10.4 Å². The van der Waals surface area contributed by atoms with Crippen molar-refractivity contribution < 1.29 is 29.0 Å². The van der Waals surface area contributed by atoms with Crippen molar-refractivity contribution in [1.29, 1.82) is 0 Å². The van der Waals surface area contributed by atoms with Gasteiger partial charge >= 0.3 is 0 Å². The molecule has 80 valence electrons. The number of hydrogen-bond acceptors (Lipinski definition) is 4. The van der Waals surface area contributed by atoms with Gasteiger partial charge in [-0.05, 0) is 6.07 Å². The molecule has 1 rings (SSSR count). The third-order valence-electron chi connectivity index (χ3n) is 1.17. The molecule has 0 saturated heterocycles. The Kier molecular flexibility index (Phi) is 4.99. The molecule has 6 N–H and O–H groups in total. The molecule has 0 aliphatic heterocycles. The van der Waals surface area contributed by atoms with Crippen LogP contribution in [-0.4, -0.2) is 17.5 Å². The first-order valence-corrected chi connectivity index (χ1v) is 5.01. The van der Waals surface area contributed by atoms with Crippen molar-refractivity contribution in [3.63, 3.8) is 0 Å². The summed E-state index contributed by atoms with van der Waals surface area (Å²) in [5, 5.41) is 0.715. The average Bonchev–Trinajstić information content (AvgIpc) is 1.94. The second-order valence-electron chi connectivity index (χ2n) is 2.32. The Morgan fingerprint density at radius 2 is 1.57 bits per heavy atom. The summed E-state index contributed by atoms with van der Waals surface area (Å²) in [6, 6.07) is 5.45. The second kappa shape index (κ2) is 5.25. The first kappa shape index (κ1) is 13.3. The minimum absolute atomic E-state index is 0.715. The monoisotopic (exact) mass is 240 g/mol. The molecule has 1 aromatic rings. The van der Waals surface area contributed by atoms with Crippen LogP contribution in [-0.2, 0) is 10.4 Å². The molecule has 0 aromatic heterocycles. The zero-order chi connectivity index (χ0) is 11.4. The topological polar surface area (TPSA) is 136 Å². The molecule has 0 radical (unpaired) electrons. The smallest absolute Gasteiger partial charge is 0.190 e. The van der Waals surface area contributed by atoms with Crippen LogP contribution >= 0.6 is 11.6 Å². The number of halogens is 1. The third-order valence-corrected chi connectivity index (χ3v) is 1.40. The highest BCUT2D eigenvalue weighted by Crippen LogP contribution is 2.15. The van der Waals surface area contributed by atoms with Crippen molar-refractivity contribution in [1.82, 2.24) is 0 Å². The van der Waals surface area contributed by atoms with Gasteiger partial charge in [0.15, 0.2) is 11.4 Å². The summed E-state index contributed by atoms with van der Waals surface area (Å²) >= 11 is 5.65. The normalized spacial score (nSPS) is 10.4. The lowest BCUT2D eigenvalue weighted by Crippen LogP contribution is -2.49. The Balaban J connectivity index is 0.000000292. The first-order chi connectivity index (χ1) is 6.20. The molecule has 8 heteroatoms. The van der Waals surface area contributed by atoms with Crippen LogP contribution in [0.2, 0.25) is 5.02 Å². The van der Waals surface area contributed by atoms with E-state index in [1.165, 1.54) is 0 Å². The first-order valence-electron chi connectivity index (χ1n) is 3.30. The molecular weight excluding hydrogens is 232 g/mol. The number of benzene rings is 1. The zero-order valence-corrected chi connectivity index (χ0v) is 8.64. The fourth-order valence-corrected chi connectivity index (χ4v) is 0.789. The van der Waals surface area contributed by atoms with Gasteiger partial charge in [0.25, 0.3) is 0 Å². The number of quaternary nitrogens is 2. The van der Waals surface area contributed by atoms with Crippen molar-refractivity contribution in [2.45, 2.75) is 0 Å². The van der Waals surface area contributed by atoms with E-state index >= 15 is 0 Å². The maximum Gasteiger partial charge on any atom is 0.190 e. The van der Waals surface area contributed by atoms with E-state index in [1.807, 2.05) is 6.07 Å². The summed E-state index contributed by atoms with van der Waals surface area (Å²) in [6.07, 6.45) is 0. The van der Waals surface area contributed by atoms with E-state index in [1.54, 1.807) is 12.1 Å². The molecule has 0 aliphatic rings. The Bertz CT molecular complexity index is 398. The molecule has 0 heterocycles. The van der Waals surface area contributed by atoms with Gasteiger partial charge in [0.2, 0.25) is 0 Å². The number of hydrogen-bond donors (Lipinski definition) is 2. The Morgan fingerprint density at radius 1 is 1.14 bits per heavy atom. The quantitative estimate of drug-likeness (QED) is 0.432. The van der Waals surface area contributed by atoms with E-state index in [4.69, 9.17) is 29.1 Å². The highest BCUT2D eigenvalue weighted by Gasteiger charge is 1.99. The van der Waals surface area contributed by atoms with Crippen molar-refractivity contribution in [2.24, 2.45) is 0 Å². The summed E-state index contributed by atoms with van der Waals surface area (Å²) in [6.45, 7) is 0. The maximum atomic E-state index is 8.52. The summed E-state index contributed by atoms with van der Waals surface area (Å²) in [4.78, 5) is 0. The minimum Gasteiger partial charge on any atom is -0.759 e. The van der Waals surface area contributed by atoms with Gasteiger partial charge in [0, 0.05) is 27.6 Å². The van der Waals surface area contributed by atoms with Crippen molar-refractivity contribution in [3.8, 4) is 0 Å². The van der Waals surface area contributed by atoms with Gasteiger partial charge in [0.05, 0.1) is 0 Å². The van der Waals surface area contributed by atoms with E-state index in [9.17, 15) is 0 Å². The highest BCUT2D eigenvalue weighted by molar-refractivity contribution is 7.79. The van der Waals surface area contributed by atoms with Gasteiger partial charge < -0.3 is 20.6 Å². The fraction of sp³-hybridized carbons (Fsp3) is 0. The molecule has 0 unspecified atom stereocenters. The molecule has 0 saturated carbocycles. The molecule has 0 amide bonds. The molecular formula is C6H9ClN2O4S. The van der Waals surface area contributed by atoms with E-state index in [-0.39, 0.29) is 0 Å². The van der Waals surface area contributed by atoms with Crippen LogP contribution in [0.3, 0.4) is 0 Å². The summed E-state index contributed by atoms with van der Waals surface area (Å²) in [5.41, 5.74) is 9.30. The summed E-state index contributed by atoms with van der Waals surface area (Å²) in [5.74, 6) is 0. The van der Waals surface area contributed by atoms with Gasteiger partial charge in [-0.2, -0.15) is 0 Å². The van der Waals surface area contributed by atoms with Crippen molar-refractivity contribution in [3.05, 3.63) is 23.2 Å². The summed E-state index contributed by atoms with van der Waals surface area (Å²) in [7, 11) is -5.17. The minimum atomic E-state index is -5.17. The van der Waals surface area contributed by atoms with Crippen LogP contribution in [0.15, 0.2) is 18.2 Å². The maximum absolute atomic E-state index is 8.52. The van der Waals surface area contributed by atoms with E-state index in [2.05, 4.69) is 11.5 Å². The lowest BCUT2D eigenvalue weighted by atomic mass is 10.3. The van der Waals surface area contributed by atoms with Crippen LogP contribution in [0.25, 0.3) is 0 Å². The van der Waals surface area contributed by atoms with Crippen LogP contribution in [0.1, 0.15) is 0 Å². The molecule has 0 aliphatic carbocycles. The Labute approximate surface area is 86.1 Å². The van der Waals surface area contributed by atoms with Crippen LogP contribution < -0.4 is 11.5 Å². The lowest BCUT2D eigenvalue weighted by Gasteiger charge is -2.06. The van der Waals surface area contributed by atoms with Crippen LogP contribution in [0, 0.1) is 0 Å². The van der Waals surface area contributed by atoms with Crippen molar-refractivity contribution >= 4 is 33.4 Å². The molecule has 14 heavy (non-hydrogen) atoms. The van der Waals surface area contributed by atoms with E-state index in [0.717, 1.165) is 11.4 Å². The van der Waals surface area contributed by atoms with Gasteiger partial charge in [-0.15, -0.1) is 0 Å². The van der Waals surface area contributed by atoms with Gasteiger partial charge in [-0.1, -0.05) is 11.6 Å². The third kappa shape index (κ3) is 7.92. The van der Waals surface area contributed by atoms with Gasteiger partial charge in [-0.25, -0.2) is 0 Å². The predicted molar refractivity (Wildman–Crippen MR) is 47.0 cm³/mol. The standard InChI is InChI=1S/C6H7ClN2.H2O4S/c7-4-1-2-5(8)6(9)3-4;1-5(2,3)4/h1-3H,8-9H2;(H2,1,2,3,4). The fourth-order valence-electron chi connectivity index (χ4n) is 0.594. The number of rotatable bonds is 0. The van der Waals surface area contributed by atoms with Crippen LogP contribution in [0.4, 0.5) is 11.4 Å². The Hall–Kier alpha value is -0.700. The van der Waals surface area contributed by atoms with Crippen LogP contribution in [0.5, 0.6) is 0 Å². The van der Waals surface area contributed by atoms with Crippen molar-refractivity contribution in [2.75, 3.05) is 0 Å². The zero-order valence-electron chi connectivity index (χ0n) is 7.07. The largest absolute Gasteiger partial charge is 0.759 e.